The van der Waals surface area contributed by atoms with Crippen molar-refractivity contribution in [3.05, 3.63) is 41.0 Å². The number of benzene rings is 1. The van der Waals surface area contributed by atoms with Crippen molar-refractivity contribution in [1.29, 1.82) is 0 Å². The molecule has 0 aliphatic rings. The van der Waals surface area contributed by atoms with Crippen molar-refractivity contribution >= 4 is 50.9 Å². The number of hydrogen-bond acceptors (Lipinski definition) is 6. The van der Waals surface area contributed by atoms with Crippen LogP contribution in [0.15, 0.2) is 41.0 Å². The Kier molecular flexibility index (Phi) is 5.32. The quantitative estimate of drug-likeness (QED) is 0.336. The average Bonchev–Trinajstić information content (AvgIpc) is 2.97. The van der Waals surface area contributed by atoms with Gasteiger partial charge in [0, 0.05) is 16.0 Å². The SMILES string of the molecule is CC(C)(C)OC(=O)CSc1ncnc2scc(-c3ccc(Cl)cc3)c12. The fraction of sp³-hybridized carbons (Fsp3) is 0.278. The molecule has 25 heavy (non-hydrogen) atoms. The first-order valence-electron chi connectivity index (χ1n) is 7.66. The number of halogens is 1. The number of aromatic nitrogens is 2. The van der Waals surface area contributed by atoms with Gasteiger partial charge in [-0.15, -0.1) is 11.3 Å². The van der Waals surface area contributed by atoms with Gasteiger partial charge in [-0.05, 0) is 38.5 Å². The maximum Gasteiger partial charge on any atom is 0.316 e. The van der Waals surface area contributed by atoms with Gasteiger partial charge in [0.15, 0.2) is 0 Å². The van der Waals surface area contributed by atoms with Gasteiger partial charge in [0.05, 0.1) is 11.1 Å². The zero-order valence-electron chi connectivity index (χ0n) is 14.1. The maximum absolute atomic E-state index is 12.0. The molecule has 0 saturated heterocycles. The summed E-state index contributed by atoms with van der Waals surface area (Å²) in [7, 11) is 0. The first-order valence-corrected chi connectivity index (χ1v) is 9.90. The van der Waals surface area contributed by atoms with E-state index >= 15 is 0 Å². The number of carbonyl (C=O) groups excluding carboxylic acids is 1. The molecule has 7 heteroatoms. The van der Waals surface area contributed by atoms with Crippen LogP contribution in [0.3, 0.4) is 0 Å². The maximum atomic E-state index is 12.0. The monoisotopic (exact) mass is 392 g/mol. The topological polar surface area (TPSA) is 52.1 Å². The van der Waals surface area contributed by atoms with Crippen LogP contribution in [0.5, 0.6) is 0 Å². The molecule has 3 rings (SSSR count). The van der Waals surface area contributed by atoms with Crippen LogP contribution in [-0.2, 0) is 9.53 Å². The second kappa shape index (κ2) is 7.32. The molecule has 4 nitrogen and oxygen atoms in total. The predicted molar refractivity (Wildman–Crippen MR) is 104 cm³/mol. The average molecular weight is 393 g/mol. The van der Waals surface area contributed by atoms with Crippen molar-refractivity contribution in [2.24, 2.45) is 0 Å². The molecule has 0 unspecified atom stereocenters. The number of fused-ring (bicyclic) bond motifs is 1. The molecule has 0 N–H and O–H groups in total. The zero-order valence-corrected chi connectivity index (χ0v) is 16.5. The Bertz CT molecular complexity index is 902. The molecule has 0 radical (unpaired) electrons. The molecule has 2 heterocycles. The molecule has 0 bridgehead atoms. The first kappa shape index (κ1) is 18.2. The Morgan fingerprint density at radius 3 is 2.64 bits per heavy atom. The highest BCUT2D eigenvalue weighted by Crippen LogP contribution is 2.38. The Labute approximate surface area is 159 Å². The fourth-order valence-corrected chi connectivity index (χ4v) is 4.19. The number of thiophene rings is 1. The third-order valence-corrected chi connectivity index (χ3v) is 5.34. The molecule has 3 aromatic rings. The molecule has 0 aliphatic heterocycles. The molecular formula is C18H17ClN2O2S2. The lowest BCUT2D eigenvalue weighted by Crippen LogP contribution is -2.24. The van der Waals surface area contributed by atoms with Crippen LogP contribution in [-0.4, -0.2) is 27.3 Å². The summed E-state index contributed by atoms with van der Waals surface area (Å²) in [6, 6.07) is 7.66. The van der Waals surface area contributed by atoms with E-state index in [2.05, 4.69) is 15.3 Å². The number of hydrogen-bond donors (Lipinski definition) is 0. The molecule has 0 fully saturated rings. The van der Waals surface area contributed by atoms with Gasteiger partial charge in [-0.25, -0.2) is 9.97 Å². The molecule has 2 aromatic heterocycles. The Morgan fingerprint density at radius 1 is 1.24 bits per heavy atom. The minimum atomic E-state index is -0.491. The summed E-state index contributed by atoms with van der Waals surface area (Å²) in [5, 5.41) is 4.49. The molecule has 130 valence electrons. The Balaban J connectivity index is 1.90. The van der Waals surface area contributed by atoms with E-state index in [0.29, 0.717) is 5.02 Å². The number of esters is 1. The second-order valence-electron chi connectivity index (χ2n) is 6.39. The predicted octanol–water partition coefficient (Wildman–Crippen LogP) is 5.45. The van der Waals surface area contributed by atoms with E-state index < -0.39 is 5.60 Å². The lowest BCUT2D eigenvalue weighted by molar-refractivity contribution is -0.151. The van der Waals surface area contributed by atoms with Crippen LogP contribution in [0.4, 0.5) is 0 Å². The summed E-state index contributed by atoms with van der Waals surface area (Å²) < 4.78 is 5.37. The van der Waals surface area contributed by atoms with E-state index in [1.54, 1.807) is 11.3 Å². The summed E-state index contributed by atoms with van der Waals surface area (Å²) in [5.74, 6) is -0.0493. The largest absolute Gasteiger partial charge is 0.459 e. The van der Waals surface area contributed by atoms with Gasteiger partial charge in [-0.1, -0.05) is 35.5 Å². The van der Waals surface area contributed by atoms with Crippen LogP contribution in [0.2, 0.25) is 5.02 Å². The summed E-state index contributed by atoms with van der Waals surface area (Å²) in [4.78, 5) is 21.6. The molecule has 0 saturated carbocycles. The van der Waals surface area contributed by atoms with Crippen molar-refractivity contribution in [2.45, 2.75) is 31.4 Å². The van der Waals surface area contributed by atoms with Crippen LogP contribution < -0.4 is 0 Å². The van der Waals surface area contributed by atoms with Crippen LogP contribution in [0.1, 0.15) is 20.8 Å². The standard InChI is InChI=1S/C18H17ClN2O2S2/c1-18(2,3)23-14(22)9-25-17-15-13(8-24-16(15)20-10-21-17)11-4-6-12(19)7-5-11/h4-8,10H,9H2,1-3H3. The molecule has 0 aliphatic carbocycles. The van der Waals surface area contributed by atoms with Gasteiger partial charge in [0.2, 0.25) is 0 Å². The van der Waals surface area contributed by atoms with Crippen LogP contribution in [0.25, 0.3) is 21.3 Å². The smallest absolute Gasteiger partial charge is 0.316 e. The van der Waals surface area contributed by atoms with E-state index in [-0.39, 0.29) is 11.7 Å². The third kappa shape index (κ3) is 4.51. The fourth-order valence-electron chi connectivity index (χ4n) is 2.30. The zero-order chi connectivity index (χ0) is 18.0. The lowest BCUT2D eigenvalue weighted by atomic mass is 10.1. The highest BCUT2D eigenvalue weighted by atomic mass is 35.5. The van der Waals surface area contributed by atoms with E-state index in [9.17, 15) is 4.79 Å². The highest BCUT2D eigenvalue weighted by molar-refractivity contribution is 8.00. The second-order valence-corrected chi connectivity index (χ2v) is 8.65. The summed E-state index contributed by atoms with van der Waals surface area (Å²) in [6.45, 7) is 5.57. The van der Waals surface area contributed by atoms with E-state index in [1.807, 2.05) is 45.0 Å². The van der Waals surface area contributed by atoms with Gasteiger partial charge in [0.1, 0.15) is 21.8 Å². The van der Waals surface area contributed by atoms with Crippen LogP contribution in [0, 0.1) is 0 Å². The molecule has 0 spiro atoms. The number of thioether (sulfide) groups is 1. The van der Waals surface area contributed by atoms with Crippen molar-refractivity contribution in [1.82, 2.24) is 9.97 Å². The summed E-state index contributed by atoms with van der Waals surface area (Å²) >= 11 is 8.91. The lowest BCUT2D eigenvalue weighted by Gasteiger charge is -2.19. The molecule has 0 amide bonds. The highest BCUT2D eigenvalue weighted by Gasteiger charge is 2.18. The summed E-state index contributed by atoms with van der Waals surface area (Å²) in [5.41, 5.74) is 1.60. The molecular weight excluding hydrogens is 376 g/mol. The van der Waals surface area contributed by atoms with Gasteiger partial charge >= 0.3 is 5.97 Å². The van der Waals surface area contributed by atoms with E-state index in [4.69, 9.17) is 16.3 Å². The van der Waals surface area contributed by atoms with E-state index in [0.717, 1.165) is 26.4 Å². The van der Waals surface area contributed by atoms with Crippen molar-refractivity contribution in [3.8, 4) is 11.1 Å². The third-order valence-electron chi connectivity index (χ3n) is 3.24. The first-order chi connectivity index (χ1) is 11.8. The Hall–Kier alpha value is -1.63. The number of ether oxygens (including phenoxy) is 1. The van der Waals surface area contributed by atoms with Crippen molar-refractivity contribution in [2.75, 3.05) is 5.75 Å². The van der Waals surface area contributed by atoms with Gasteiger partial charge in [0.25, 0.3) is 0 Å². The van der Waals surface area contributed by atoms with Crippen molar-refractivity contribution in [3.63, 3.8) is 0 Å². The summed E-state index contributed by atoms with van der Waals surface area (Å²) in [6.07, 6.45) is 1.53. The van der Waals surface area contributed by atoms with Crippen molar-refractivity contribution < 1.29 is 9.53 Å². The van der Waals surface area contributed by atoms with Gasteiger partial charge in [-0.3, -0.25) is 4.79 Å². The molecule has 0 atom stereocenters. The van der Waals surface area contributed by atoms with Gasteiger partial charge < -0.3 is 4.74 Å². The number of carbonyl (C=O) groups is 1. The number of nitrogens with zero attached hydrogens (tertiary/aromatic N) is 2. The van der Waals surface area contributed by atoms with Gasteiger partial charge in [-0.2, -0.15) is 0 Å². The minimum Gasteiger partial charge on any atom is -0.459 e. The normalized spacial score (nSPS) is 11.7. The number of rotatable bonds is 4. The van der Waals surface area contributed by atoms with E-state index in [1.165, 1.54) is 18.1 Å². The molecule has 1 aromatic carbocycles. The van der Waals surface area contributed by atoms with Crippen LogP contribution >= 0.6 is 34.7 Å². The minimum absolute atomic E-state index is 0.208. The Morgan fingerprint density at radius 2 is 1.96 bits per heavy atom.